The summed E-state index contributed by atoms with van der Waals surface area (Å²) in [7, 11) is 0. The summed E-state index contributed by atoms with van der Waals surface area (Å²) in [6, 6.07) is 4.84. The molecular weight excluding hydrogens is 351 g/mol. The van der Waals surface area contributed by atoms with Crippen molar-refractivity contribution in [3.8, 4) is 0 Å². The average Bonchev–Trinajstić information content (AvgIpc) is 3.30. The predicted molar refractivity (Wildman–Crippen MR) is 82.4 cm³/mol. The molecule has 1 aliphatic heterocycles. The minimum Gasteiger partial charge on any atom is -0.459 e. The molecule has 10 heteroatoms. The molecule has 0 spiro atoms. The minimum absolute atomic E-state index is 0.107. The van der Waals surface area contributed by atoms with Gasteiger partial charge in [0.05, 0.1) is 12.0 Å². The molecule has 3 aromatic rings. The quantitative estimate of drug-likeness (QED) is 0.698. The van der Waals surface area contributed by atoms with Gasteiger partial charge in [-0.05, 0) is 31.0 Å². The van der Waals surface area contributed by atoms with Crippen molar-refractivity contribution in [1.29, 1.82) is 0 Å². The lowest BCUT2D eigenvalue weighted by molar-refractivity contribution is -0.144. The Morgan fingerprint density at radius 1 is 1.31 bits per heavy atom. The number of carbonyl (C=O) groups excluding carboxylic acids is 1. The van der Waals surface area contributed by atoms with Crippen LogP contribution in [0.2, 0.25) is 0 Å². The van der Waals surface area contributed by atoms with E-state index >= 15 is 0 Å². The van der Waals surface area contributed by atoms with Crippen molar-refractivity contribution >= 4 is 11.7 Å². The molecule has 3 aromatic heterocycles. The Labute approximate surface area is 145 Å². The number of likely N-dealkylation sites (tertiary alicyclic amines) is 1. The second-order valence-corrected chi connectivity index (χ2v) is 6.08. The first-order valence-electron chi connectivity index (χ1n) is 8.05. The normalized spacial score (nSPS) is 18.4. The summed E-state index contributed by atoms with van der Waals surface area (Å²) in [4.78, 5) is 21.4. The van der Waals surface area contributed by atoms with Gasteiger partial charge in [-0.2, -0.15) is 18.2 Å². The van der Waals surface area contributed by atoms with Crippen molar-refractivity contribution in [3.05, 3.63) is 47.9 Å². The number of hydrogen-bond acceptors (Lipinski definition) is 5. The third-order valence-electron chi connectivity index (χ3n) is 4.38. The van der Waals surface area contributed by atoms with Crippen LogP contribution in [0.15, 0.2) is 35.1 Å². The van der Waals surface area contributed by atoms with Gasteiger partial charge in [-0.3, -0.25) is 4.79 Å². The molecule has 0 N–H and O–H groups in total. The van der Waals surface area contributed by atoms with Gasteiger partial charge in [0.15, 0.2) is 5.76 Å². The van der Waals surface area contributed by atoms with Crippen LogP contribution in [0, 0.1) is 0 Å². The number of fused-ring (bicyclic) bond motifs is 1. The highest BCUT2D eigenvalue weighted by molar-refractivity contribution is 5.91. The van der Waals surface area contributed by atoms with Crippen LogP contribution in [0.4, 0.5) is 13.2 Å². The first kappa shape index (κ1) is 16.6. The Balaban J connectivity index is 1.64. The standard InChI is InChI=1S/C16H14F3N5O2/c17-16(18,19)14-21-15-20-6-5-11(24(15)22-14)10-3-1-7-23(9-10)13(25)12-4-2-8-26-12/h2,4-6,8,10H,1,3,7,9H2/t10-/m1/s1. The van der Waals surface area contributed by atoms with Gasteiger partial charge in [0.25, 0.3) is 17.5 Å². The van der Waals surface area contributed by atoms with E-state index in [4.69, 9.17) is 4.42 Å². The number of amides is 1. The van der Waals surface area contributed by atoms with Crippen LogP contribution in [0.1, 0.15) is 40.8 Å². The monoisotopic (exact) mass is 365 g/mol. The SMILES string of the molecule is O=C(c1ccco1)N1CCC[C@@H](c2ccnc3nc(C(F)(F)F)nn23)C1. The fraction of sp³-hybridized carbons (Fsp3) is 0.375. The summed E-state index contributed by atoms with van der Waals surface area (Å²) >= 11 is 0. The number of furan rings is 1. The Morgan fingerprint density at radius 2 is 2.15 bits per heavy atom. The summed E-state index contributed by atoms with van der Waals surface area (Å²) in [6.07, 6.45) is -0.356. The average molecular weight is 365 g/mol. The molecule has 1 aliphatic rings. The number of piperidine rings is 1. The van der Waals surface area contributed by atoms with Gasteiger partial charge in [0.1, 0.15) is 0 Å². The van der Waals surface area contributed by atoms with Gasteiger partial charge in [0, 0.05) is 25.2 Å². The van der Waals surface area contributed by atoms with Gasteiger partial charge in [0.2, 0.25) is 0 Å². The number of aromatic nitrogens is 4. The maximum Gasteiger partial charge on any atom is 0.453 e. The Kier molecular flexibility index (Phi) is 3.89. The molecule has 1 fully saturated rings. The van der Waals surface area contributed by atoms with Gasteiger partial charge in [-0.15, -0.1) is 5.10 Å². The lowest BCUT2D eigenvalue weighted by atomic mass is 9.94. The molecule has 0 unspecified atom stereocenters. The number of nitrogens with zero attached hydrogens (tertiary/aromatic N) is 5. The zero-order chi connectivity index (χ0) is 18.3. The molecule has 26 heavy (non-hydrogen) atoms. The number of alkyl halides is 3. The third kappa shape index (κ3) is 2.91. The number of carbonyl (C=O) groups is 1. The number of rotatable bonds is 2. The van der Waals surface area contributed by atoms with Gasteiger partial charge in [-0.1, -0.05) is 0 Å². The summed E-state index contributed by atoms with van der Waals surface area (Å²) in [6.45, 7) is 0.926. The minimum atomic E-state index is -4.64. The summed E-state index contributed by atoms with van der Waals surface area (Å²) < 4.78 is 45.0. The van der Waals surface area contributed by atoms with E-state index in [9.17, 15) is 18.0 Å². The lowest BCUT2D eigenvalue weighted by Crippen LogP contribution is -2.39. The molecule has 4 rings (SSSR count). The van der Waals surface area contributed by atoms with Crippen LogP contribution in [-0.2, 0) is 6.18 Å². The predicted octanol–water partition coefficient (Wildman–Crippen LogP) is 2.76. The summed E-state index contributed by atoms with van der Waals surface area (Å²) in [5, 5.41) is 3.58. The zero-order valence-electron chi connectivity index (χ0n) is 13.5. The largest absolute Gasteiger partial charge is 0.459 e. The molecule has 0 bridgehead atoms. The molecule has 0 radical (unpaired) electrons. The molecule has 7 nitrogen and oxygen atoms in total. The topological polar surface area (TPSA) is 76.5 Å². The van der Waals surface area contributed by atoms with Crippen molar-refractivity contribution in [1.82, 2.24) is 24.5 Å². The molecule has 0 aromatic carbocycles. The van der Waals surface area contributed by atoms with E-state index < -0.39 is 12.0 Å². The van der Waals surface area contributed by atoms with E-state index in [0.29, 0.717) is 18.8 Å². The molecule has 0 saturated carbocycles. The van der Waals surface area contributed by atoms with E-state index in [1.807, 2.05) is 0 Å². The Morgan fingerprint density at radius 3 is 2.88 bits per heavy atom. The summed E-state index contributed by atoms with van der Waals surface area (Å²) in [5.74, 6) is -1.50. The van der Waals surface area contributed by atoms with Gasteiger partial charge < -0.3 is 9.32 Å². The van der Waals surface area contributed by atoms with Crippen LogP contribution < -0.4 is 0 Å². The van der Waals surface area contributed by atoms with Crippen LogP contribution in [-0.4, -0.2) is 43.5 Å². The molecule has 136 valence electrons. The summed E-state index contributed by atoms with van der Waals surface area (Å²) in [5.41, 5.74) is 0.551. The smallest absolute Gasteiger partial charge is 0.453 e. The second-order valence-electron chi connectivity index (χ2n) is 6.08. The van der Waals surface area contributed by atoms with Crippen molar-refractivity contribution in [3.63, 3.8) is 0 Å². The van der Waals surface area contributed by atoms with E-state index in [2.05, 4.69) is 15.1 Å². The third-order valence-corrected chi connectivity index (χ3v) is 4.38. The van der Waals surface area contributed by atoms with E-state index in [1.54, 1.807) is 23.1 Å². The van der Waals surface area contributed by atoms with Crippen molar-refractivity contribution in [2.24, 2.45) is 0 Å². The lowest BCUT2D eigenvalue weighted by Gasteiger charge is -2.32. The fourth-order valence-electron chi connectivity index (χ4n) is 3.20. The molecule has 1 amide bonds. The van der Waals surface area contributed by atoms with Crippen molar-refractivity contribution in [2.45, 2.75) is 24.9 Å². The molecular formula is C16H14F3N5O2. The first-order valence-corrected chi connectivity index (χ1v) is 8.05. The highest BCUT2D eigenvalue weighted by Gasteiger charge is 2.37. The van der Waals surface area contributed by atoms with Crippen LogP contribution in [0.25, 0.3) is 5.78 Å². The number of halogens is 3. The van der Waals surface area contributed by atoms with E-state index in [1.165, 1.54) is 12.5 Å². The van der Waals surface area contributed by atoms with Crippen molar-refractivity contribution < 1.29 is 22.4 Å². The molecule has 4 heterocycles. The number of hydrogen-bond donors (Lipinski definition) is 0. The molecule has 0 aliphatic carbocycles. The first-order chi connectivity index (χ1) is 12.4. The Bertz CT molecular complexity index is 935. The van der Waals surface area contributed by atoms with E-state index in [-0.39, 0.29) is 23.4 Å². The maximum absolute atomic E-state index is 12.9. The van der Waals surface area contributed by atoms with Crippen LogP contribution >= 0.6 is 0 Å². The highest BCUT2D eigenvalue weighted by atomic mass is 19.4. The molecule has 1 atom stereocenters. The fourth-order valence-corrected chi connectivity index (χ4v) is 3.20. The van der Waals surface area contributed by atoms with E-state index in [0.717, 1.165) is 17.4 Å². The maximum atomic E-state index is 12.9. The van der Waals surface area contributed by atoms with Gasteiger partial charge >= 0.3 is 6.18 Å². The van der Waals surface area contributed by atoms with Crippen molar-refractivity contribution in [2.75, 3.05) is 13.1 Å². The second kappa shape index (κ2) is 6.11. The highest BCUT2D eigenvalue weighted by Crippen LogP contribution is 2.30. The van der Waals surface area contributed by atoms with Gasteiger partial charge in [-0.25, -0.2) is 9.50 Å². The molecule has 1 saturated heterocycles. The van der Waals surface area contributed by atoms with Crippen LogP contribution in [0.5, 0.6) is 0 Å². The Hall–Kier alpha value is -2.91. The van der Waals surface area contributed by atoms with Crippen LogP contribution in [0.3, 0.4) is 0 Å². The zero-order valence-corrected chi connectivity index (χ0v) is 13.5.